The van der Waals surface area contributed by atoms with Gasteiger partial charge in [0.15, 0.2) is 0 Å². The fourth-order valence-electron chi connectivity index (χ4n) is 2.42. The number of rotatable bonds is 4. The van der Waals surface area contributed by atoms with Crippen molar-refractivity contribution in [2.24, 2.45) is 0 Å². The molecule has 0 radical (unpaired) electrons. The minimum Gasteiger partial charge on any atom is -0.318 e. The van der Waals surface area contributed by atoms with Crippen molar-refractivity contribution in [1.29, 1.82) is 0 Å². The van der Waals surface area contributed by atoms with Crippen molar-refractivity contribution >= 4 is 11.6 Å². The number of amides is 1. The van der Waals surface area contributed by atoms with E-state index in [2.05, 4.69) is 20.5 Å². The molecule has 3 rings (SSSR count). The van der Waals surface area contributed by atoms with E-state index in [1.165, 1.54) is 10.8 Å². The van der Waals surface area contributed by atoms with Crippen LogP contribution in [0.4, 0.5) is 5.69 Å². The molecule has 1 amide bonds. The van der Waals surface area contributed by atoms with Gasteiger partial charge in [-0.15, -0.1) is 0 Å². The zero-order valence-corrected chi connectivity index (χ0v) is 12.9. The minimum atomic E-state index is -0.355. The summed E-state index contributed by atoms with van der Waals surface area (Å²) in [5, 5.41) is 9.66. The SMILES string of the molecule is Cc1n[nH]c(C)c1NC(=O)c1c[nH]c(=O)n1Cc1ccccc1. The molecule has 3 aromatic rings. The van der Waals surface area contributed by atoms with Crippen molar-refractivity contribution in [3.63, 3.8) is 0 Å². The Kier molecular flexibility index (Phi) is 3.84. The Morgan fingerprint density at radius 2 is 2.00 bits per heavy atom. The monoisotopic (exact) mass is 311 g/mol. The summed E-state index contributed by atoms with van der Waals surface area (Å²) in [7, 11) is 0. The minimum absolute atomic E-state index is 0.277. The maximum absolute atomic E-state index is 12.5. The number of carbonyl (C=O) groups is 1. The molecular weight excluding hydrogens is 294 g/mol. The molecular formula is C16H17N5O2. The molecule has 0 fully saturated rings. The van der Waals surface area contributed by atoms with E-state index in [1.54, 1.807) is 6.92 Å². The molecule has 7 nitrogen and oxygen atoms in total. The lowest BCUT2D eigenvalue weighted by Gasteiger charge is -2.08. The van der Waals surface area contributed by atoms with Crippen molar-refractivity contribution in [3.05, 3.63) is 69.7 Å². The highest BCUT2D eigenvalue weighted by Gasteiger charge is 2.17. The van der Waals surface area contributed by atoms with Gasteiger partial charge in [-0.1, -0.05) is 30.3 Å². The predicted molar refractivity (Wildman–Crippen MR) is 86.6 cm³/mol. The Morgan fingerprint density at radius 3 is 2.65 bits per heavy atom. The van der Waals surface area contributed by atoms with Crippen LogP contribution in [0.3, 0.4) is 0 Å². The first kappa shape index (κ1) is 14.8. The normalized spacial score (nSPS) is 10.7. The summed E-state index contributed by atoms with van der Waals surface area (Å²) < 4.78 is 1.41. The molecule has 0 saturated carbocycles. The van der Waals surface area contributed by atoms with Gasteiger partial charge in [0.05, 0.1) is 23.6 Å². The Morgan fingerprint density at radius 1 is 1.26 bits per heavy atom. The van der Waals surface area contributed by atoms with Crippen LogP contribution in [0.2, 0.25) is 0 Å². The van der Waals surface area contributed by atoms with Gasteiger partial charge in [-0.25, -0.2) is 4.79 Å². The second-order valence-corrected chi connectivity index (χ2v) is 5.31. The fraction of sp³-hybridized carbons (Fsp3) is 0.188. The highest BCUT2D eigenvalue weighted by atomic mass is 16.2. The number of nitrogens with zero attached hydrogens (tertiary/aromatic N) is 2. The molecule has 118 valence electrons. The highest BCUT2D eigenvalue weighted by molar-refractivity contribution is 6.03. The molecule has 0 spiro atoms. The van der Waals surface area contributed by atoms with Crippen molar-refractivity contribution in [2.75, 3.05) is 5.32 Å². The van der Waals surface area contributed by atoms with Crippen LogP contribution in [0.25, 0.3) is 0 Å². The van der Waals surface area contributed by atoms with E-state index in [-0.39, 0.29) is 17.3 Å². The average molecular weight is 311 g/mol. The molecule has 0 aliphatic rings. The third-order valence-electron chi connectivity index (χ3n) is 3.65. The number of imidazole rings is 1. The third kappa shape index (κ3) is 2.94. The van der Waals surface area contributed by atoms with E-state index < -0.39 is 0 Å². The van der Waals surface area contributed by atoms with Gasteiger partial charge in [-0.3, -0.25) is 14.5 Å². The number of aromatic nitrogens is 4. The molecule has 2 aromatic heterocycles. The molecule has 0 aliphatic carbocycles. The van der Waals surface area contributed by atoms with Gasteiger partial charge in [0.25, 0.3) is 5.91 Å². The number of aryl methyl sites for hydroxylation is 2. The Bertz CT molecular complexity index is 869. The van der Waals surface area contributed by atoms with E-state index in [4.69, 9.17) is 0 Å². The number of benzene rings is 1. The molecule has 2 heterocycles. The smallest absolute Gasteiger partial charge is 0.318 e. The van der Waals surface area contributed by atoms with Crippen LogP contribution in [0, 0.1) is 13.8 Å². The van der Waals surface area contributed by atoms with Gasteiger partial charge in [0, 0.05) is 6.20 Å². The lowest BCUT2D eigenvalue weighted by atomic mass is 10.2. The quantitative estimate of drug-likeness (QED) is 0.685. The van der Waals surface area contributed by atoms with Crippen LogP contribution in [-0.2, 0) is 6.54 Å². The Labute approximate surface area is 132 Å². The van der Waals surface area contributed by atoms with Crippen molar-refractivity contribution in [3.8, 4) is 0 Å². The van der Waals surface area contributed by atoms with Crippen LogP contribution >= 0.6 is 0 Å². The van der Waals surface area contributed by atoms with Gasteiger partial charge >= 0.3 is 5.69 Å². The molecule has 23 heavy (non-hydrogen) atoms. The molecule has 7 heteroatoms. The van der Waals surface area contributed by atoms with Crippen LogP contribution in [0.15, 0.2) is 41.3 Å². The maximum Gasteiger partial charge on any atom is 0.326 e. The summed E-state index contributed by atoms with van der Waals surface area (Å²) in [6, 6.07) is 9.51. The number of hydrogen-bond donors (Lipinski definition) is 3. The number of aromatic amines is 2. The first-order valence-corrected chi connectivity index (χ1v) is 7.21. The van der Waals surface area contributed by atoms with Crippen LogP contribution < -0.4 is 11.0 Å². The summed E-state index contributed by atoms with van der Waals surface area (Å²) in [6.45, 7) is 3.95. The number of nitrogens with one attached hydrogen (secondary N) is 3. The van der Waals surface area contributed by atoms with E-state index in [0.717, 1.165) is 11.3 Å². The molecule has 1 aromatic carbocycles. The van der Waals surface area contributed by atoms with E-state index in [1.807, 2.05) is 37.3 Å². The van der Waals surface area contributed by atoms with E-state index in [9.17, 15) is 9.59 Å². The van der Waals surface area contributed by atoms with Crippen LogP contribution in [0.1, 0.15) is 27.4 Å². The average Bonchev–Trinajstić information content (AvgIpc) is 3.06. The third-order valence-corrected chi connectivity index (χ3v) is 3.65. The highest BCUT2D eigenvalue weighted by Crippen LogP contribution is 2.17. The molecule has 0 unspecified atom stereocenters. The number of anilines is 1. The molecule has 0 atom stereocenters. The van der Waals surface area contributed by atoms with E-state index in [0.29, 0.717) is 17.9 Å². The molecule has 0 aliphatic heterocycles. The Balaban J connectivity index is 1.89. The second-order valence-electron chi connectivity index (χ2n) is 5.31. The molecule has 3 N–H and O–H groups in total. The molecule has 0 bridgehead atoms. The number of carbonyl (C=O) groups excluding carboxylic acids is 1. The van der Waals surface area contributed by atoms with Gasteiger partial charge < -0.3 is 10.3 Å². The summed E-state index contributed by atoms with van der Waals surface area (Å²) >= 11 is 0. The topological polar surface area (TPSA) is 95.6 Å². The zero-order valence-electron chi connectivity index (χ0n) is 12.9. The predicted octanol–water partition coefficient (Wildman–Crippen LogP) is 1.82. The van der Waals surface area contributed by atoms with Crippen molar-refractivity contribution in [2.45, 2.75) is 20.4 Å². The lowest BCUT2D eigenvalue weighted by Crippen LogP contribution is -2.24. The van der Waals surface area contributed by atoms with Crippen LogP contribution in [-0.4, -0.2) is 25.7 Å². The van der Waals surface area contributed by atoms with Crippen molar-refractivity contribution in [1.82, 2.24) is 19.7 Å². The summed E-state index contributed by atoms with van der Waals surface area (Å²) in [6.07, 6.45) is 1.42. The number of hydrogen-bond acceptors (Lipinski definition) is 3. The van der Waals surface area contributed by atoms with Crippen molar-refractivity contribution < 1.29 is 4.79 Å². The first-order chi connectivity index (χ1) is 11.1. The summed E-state index contributed by atoms with van der Waals surface area (Å²) in [5.74, 6) is -0.355. The standard InChI is InChI=1S/C16H17N5O2/c1-10-14(11(2)20-19-10)18-15(22)13-8-17-16(23)21(13)9-12-6-4-3-5-7-12/h3-8H,9H2,1-2H3,(H,17,23)(H,18,22)(H,19,20). The van der Waals surface area contributed by atoms with Crippen LogP contribution in [0.5, 0.6) is 0 Å². The second kappa shape index (κ2) is 5.96. The number of H-pyrrole nitrogens is 2. The van der Waals surface area contributed by atoms with Gasteiger partial charge in [0.2, 0.25) is 0 Å². The first-order valence-electron chi connectivity index (χ1n) is 7.21. The van der Waals surface area contributed by atoms with E-state index >= 15 is 0 Å². The summed E-state index contributed by atoms with van der Waals surface area (Å²) in [5.41, 5.74) is 3.00. The molecule has 0 saturated heterocycles. The summed E-state index contributed by atoms with van der Waals surface area (Å²) in [4.78, 5) is 27.1. The Hall–Kier alpha value is -3.09. The van der Waals surface area contributed by atoms with Gasteiger partial charge in [-0.05, 0) is 19.4 Å². The van der Waals surface area contributed by atoms with Gasteiger partial charge in [0.1, 0.15) is 5.69 Å². The lowest BCUT2D eigenvalue weighted by molar-refractivity contribution is 0.101. The largest absolute Gasteiger partial charge is 0.326 e. The fourth-order valence-corrected chi connectivity index (χ4v) is 2.42. The zero-order chi connectivity index (χ0) is 16.4. The van der Waals surface area contributed by atoms with Gasteiger partial charge in [-0.2, -0.15) is 5.10 Å². The maximum atomic E-state index is 12.5.